The first-order valence-electron chi connectivity index (χ1n) is 6.64. The fourth-order valence-electron chi connectivity index (χ4n) is 2.08. The molecule has 0 heterocycles. The van der Waals surface area contributed by atoms with Crippen LogP contribution in [0.1, 0.15) is 22.6 Å². The van der Waals surface area contributed by atoms with Gasteiger partial charge in [0.05, 0.1) is 5.92 Å². The smallest absolute Gasteiger partial charge is 0.170 e. The molecule has 1 unspecified atom stereocenters. The maximum Gasteiger partial charge on any atom is 0.399 e. The molecule has 0 N–H and O–H groups in total. The molecule has 0 saturated heterocycles. The molecule has 0 amide bonds. The van der Waals surface area contributed by atoms with E-state index in [-0.39, 0.29) is 10.6 Å². The highest BCUT2D eigenvalue weighted by atomic mass is 79.9. The molecule has 0 fully saturated rings. The van der Waals surface area contributed by atoms with Crippen LogP contribution in [0.4, 0.5) is 13.2 Å². The van der Waals surface area contributed by atoms with E-state index in [1.807, 2.05) is 13.0 Å². The summed E-state index contributed by atoms with van der Waals surface area (Å²) in [5.74, 6) is -1.72. The first-order valence-corrected chi connectivity index (χ1v) is 8.60. The highest BCUT2D eigenvalue weighted by Gasteiger charge is 2.39. The van der Waals surface area contributed by atoms with Crippen LogP contribution in [0.15, 0.2) is 51.4 Å². The second-order valence-corrected chi connectivity index (χ2v) is 7.30. The predicted molar refractivity (Wildman–Crippen MR) is 95.9 cm³/mol. The molecular formula is C17H12Br2ClF3. The standard InChI is InChI=1S/C17H12Br2ClF3/c1-10-2-3-11(6-16(10)19)4-5-15(17(21,22)23)12-7-13(18)9-14(20)8-12/h2-9,15H,1H3/b5-4+. The molecule has 2 aromatic rings. The molecule has 1 atom stereocenters. The topological polar surface area (TPSA) is 0 Å². The molecule has 0 saturated carbocycles. The van der Waals surface area contributed by atoms with Gasteiger partial charge in [-0.15, -0.1) is 0 Å². The molecule has 2 rings (SSSR count). The van der Waals surface area contributed by atoms with E-state index in [2.05, 4.69) is 31.9 Å². The lowest BCUT2D eigenvalue weighted by molar-refractivity contribution is -0.139. The van der Waals surface area contributed by atoms with Crippen molar-refractivity contribution in [3.05, 3.63) is 73.1 Å². The average molecular weight is 469 g/mol. The molecule has 0 radical (unpaired) electrons. The number of aryl methyl sites for hydroxylation is 1. The molecule has 122 valence electrons. The summed E-state index contributed by atoms with van der Waals surface area (Å²) in [6.45, 7) is 1.92. The van der Waals surface area contributed by atoms with Crippen LogP contribution in [0.2, 0.25) is 5.02 Å². The van der Waals surface area contributed by atoms with Crippen LogP contribution in [0.5, 0.6) is 0 Å². The summed E-state index contributed by atoms with van der Waals surface area (Å²) < 4.78 is 41.6. The third-order valence-electron chi connectivity index (χ3n) is 3.27. The summed E-state index contributed by atoms with van der Waals surface area (Å²) in [6.07, 6.45) is -1.78. The zero-order chi connectivity index (χ0) is 17.2. The van der Waals surface area contributed by atoms with E-state index in [1.165, 1.54) is 18.2 Å². The van der Waals surface area contributed by atoms with Crippen LogP contribution in [0, 0.1) is 6.92 Å². The van der Waals surface area contributed by atoms with Crippen LogP contribution in [0.25, 0.3) is 6.08 Å². The normalized spacial score (nSPS) is 13.5. The van der Waals surface area contributed by atoms with E-state index >= 15 is 0 Å². The van der Waals surface area contributed by atoms with Gasteiger partial charge in [0.2, 0.25) is 0 Å². The van der Waals surface area contributed by atoms with Crippen LogP contribution < -0.4 is 0 Å². The van der Waals surface area contributed by atoms with Crippen LogP contribution in [-0.4, -0.2) is 6.18 Å². The molecule has 0 aliphatic carbocycles. The van der Waals surface area contributed by atoms with Gasteiger partial charge in [0.25, 0.3) is 0 Å². The van der Waals surface area contributed by atoms with Crippen molar-refractivity contribution >= 4 is 49.5 Å². The van der Waals surface area contributed by atoms with Gasteiger partial charge in [-0.2, -0.15) is 13.2 Å². The molecule has 2 aromatic carbocycles. The molecule has 6 heteroatoms. The van der Waals surface area contributed by atoms with Crippen LogP contribution in [0.3, 0.4) is 0 Å². The van der Waals surface area contributed by atoms with Gasteiger partial charge in [-0.3, -0.25) is 0 Å². The van der Waals surface area contributed by atoms with E-state index in [0.29, 0.717) is 10.0 Å². The van der Waals surface area contributed by atoms with Crippen molar-refractivity contribution < 1.29 is 13.2 Å². The van der Waals surface area contributed by atoms with E-state index in [0.717, 1.165) is 16.1 Å². The zero-order valence-electron chi connectivity index (χ0n) is 12.0. The molecule has 0 aliphatic rings. The Balaban J connectivity index is 2.39. The highest BCUT2D eigenvalue weighted by Crippen LogP contribution is 2.38. The van der Waals surface area contributed by atoms with Gasteiger partial charge in [0.15, 0.2) is 0 Å². The molecule has 0 aliphatic heterocycles. The Labute approximate surface area is 154 Å². The summed E-state index contributed by atoms with van der Waals surface area (Å²) in [4.78, 5) is 0. The summed E-state index contributed by atoms with van der Waals surface area (Å²) in [6, 6.07) is 9.73. The summed E-state index contributed by atoms with van der Waals surface area (Å²) in [5, 5.41) is 0.259. The molecular weight excluding hydrogens is 456 g/mol. The Bertz CT molecular complexity index is 719. The second-order valence-electron chi connectivity index (χ2n) is 5.09. The minimum absolute atomic E-state index is 0.0966. The fraction of sp³-hybridized carbons (Fsp3) is 0.176. The van der Waals surface area contributed by atoms with Gasteiger partial charge in [-0.05, 0) is 47.9 Å². The summed E-state index contributed by atoms with van der Waals surface area (Å²) >= 11 is 12.4. The Morgan fingerprint density at radius 3 is 2.35 bits per heavy atom. The minimum Gasteiger partial charge on any atom is -0.170 e. The van der Waals surface area contributed by atoms with Gasteiger partial charge in [0, 0.05) is 14.0 Å². The summed E-state index contributed by atoms with van der Waals surface area (Å²) in [7, 11) is 0. The quantitative estimate of drug-likeness (QED) is 0.437. The van der Waals surface area contributed by atoms with Crippen molar-refractivity contribution in [2.45, 2.75) is 19.0 Å². The number of rotatable bonds is 3. The number of alkyl halides is 3. The van der Waals surface area contributed by atoms with Crippen LogP contribution >= 0.6 is 43.5 Å². The van der Waals surface area contributed by atoms with E-state index in [1.54, 1.807) is 18.2 Å². The van der Waals surface area contributed by atoms with Crippen molar-refractivity contribution in [1.82, 2.24) is 0 Å². The average Bonchev–Trinajstić information content (AvgIpc) is 2.40. The van der Waals surface area contributed by atoms with Crippen molar-refractivity contribution in [2.75, 3.05) is 0 Å². The minimum atomic E-state index is -4.40. The van der Waals surface area contributed by atoms with E-state index in [9.17, 15) is 13.2 Å². The van der Waals surface area contributed by atoms with Gasteiger partial charge < -0.3 is 0 Å². The molecule has 0 aromatic heterocycles. The summed E-state index contributed by atoms with van der Waals surface area (Å²) in [5.41, 5.74) is 1.81. The molecule has 0 bridgehead atoms. The number of halogens is 6. The van der Waals surface area contributed by atoms with Crippen molar-refractivity contribution in [3.63, 3.8) is 0 Å². The van der Waals surface area contributed by atoms with Gasteiger partial charge >= 0.3 is 6.18 Å². The zero-order valence-corrected chi connectivity index (χ0v) is 15.9. The lowest BCUT2D eigenvalue weighted by Gasteiger charge is -2.18. The maximum atomic E-state index is 13.4. The van der Waals surface area contributed by atoms with Gasteiger partial charge in [-0.1, -0.05) is 67.7 Å². The lowest BCUT2D eigenvalue weighted by atomic mass is 9.97. The van der Waals surface area contributed by atoms with E-state index in [4.69, 9.17) is 11.6 Å². The van der Waals surface area contributed by atoms with E-state index < -0.39 is 12.1 Å². The Morgan fingerprint density at radius 2 is 1.78 bits per heavy atom. The van der Waals surface area contributed by atoms with Crippen molar-refractivity contribution in [2.24, 2.45) is 0 Å². The third kappa shape index (κ3) is 5.10. The van der Waals surface area contributed by atoms with Crippen molar-refractivity contribution in [1.29, 1.82) is 0 Å². The number of benzene rings is 2. The lowest BCUT2D eigenvalue weighted by Crippen LogP contribution is -2.18. The van der Waals surface area contributed by atoms with Gasteiger partial charge in [0.1, 0.15) is 0 Å². The first kappa shape index (κ1) is 18.6. The number of hydrogen-bond donors (Lipinski definition) is 0. The van der Waals surface area contributed by atoms with Crippen molar-refractivity contribution in [3.8, 4) is 0 Å². The second kappa shape index (κ2) is 7.41. The fourth-order valence-corrected chi connectivity index (χ4v) is 3.37. The monoisotopic (exact) mass is 466 g/mol. The highest BCUT2D eigenvalue weighted by molar-refractivity contribution is 9.10. The largest absolute Gasteiger partial charge is 0.399 e. The first-order chi connectivity index (χ1) is 10.7. The maximum absolute atomic E-state index is 13.4. The third-order valence-corrected chi connectivity index (χ3v) is 4.80. The predicted octanol–water partition coefficient (Wildman–Crippen LogP) is 7.53. The number of allylic oxidation sites excluding steroid dienone is 1. The Morgan fingerprint density at radius 1 is 1.09 bits per heavy atom. The molecule has 23 heavy (non-hydrogen) atoms. The van der Waals surface area contributed by atoms with Gasteiger partial charge in [-0.25, -0.2) is 0 Å². The van der Waals surface area contributed by atoms with Crippen LogP contribution in [-0.2, 0) is 0 Å². The number of hydrogen-bond acceptors (Lipinski definition) is 0. The Kier molecular flexibility index (Phi) is 5.98. The SMILES string of the molecule is Cc1ccc(/C=C/C(c2cc(Cl)cc(Br)c2)C(F)(F)F)cc1Br. The Hall–Kier alpha value is -0.780. The molecule has 0 spiro atoms. The molecule has 0 nitrogen and oxygen atoms in total.